The minimum absolute atomic E-state index is 0.00484. The standard InChI is InChI=1S/C47H82N4O10/c1-40(2)20-28(44(9,10)48-40)24-58-36(52)32-19-33(37(53)59-26-30-22-42(5,6)50(56-17)46(30,13)14)34(38(54)60-25-29-21-41(3,4)49-45(29,11)12)35(32)39(55)61-27-31-23-43(7,8)51(57-18)47(31,15)16/h28-35,48-49H,19-27H2,1-18H3. The van der Waals surface area contributed by atoms with Crippen LogP contribution in [-0.2, 0) is 47.8 Å². The fourth-order valence-electron chi connectivity index (χ4n) is 12.9. The summed E-state index contributed by atoms with van der Waals surface area (Å²) in [5.41, 5.74) is -2.62. The molecule has 8 unspecified atom stereocenters. The molecule has 2 N–H and O–H groups in total. The van der Waals surface area contributed by atoms with Crippen molar-refractivity contribution in [3.8, 4) is 0 Å². The first kappa shape index (κ1) is 49.7. The number of nitrogens with one attached hydrogen (secondary N) is 2. The number of ether oxygens (including phenoxy) is 4. The van der Waals surface area contributed by atoms with Gasteiger partial charge in [0.15, 0.2) is 0 Å². The van der Waals surface area contributed by atoms with Crippen molar-refractivity contribution in [2.75, 3.05) is 40.6 Å². The molecule has 5 rings (SSSR count). The number of esters is 4. The molecule has 4 saturated heterocycles. The number of hydrogen-bond donors (Lipinski definition) is 2. The van der Waals surface area contributed by atoms with Crippen LogP contribution in [0, 0.1) is 47.3 Å². The molecular formula is C47H82N4O10. The summed E-state index contributed by atoms with van der Waals surface area (Å²) in [5, 5.41) is 11.1. The number of nitrogens with zero attached hydrogens (tertiary/aromatic N) is 2. The maximum Gasteiger partial charge on any atom is 0.310 e. The lowest BCUT2D eigenvalue weighted by Gasteiger charge is -2.39. The lowest BCUT2D eigenvalue weighted by Crippen LogP contribution is -2.49. The summed E-state index contributed by atoms with van der Waals surface area (Å²) in [6.45, 7) is 33.6. The van der Waals surface area contributed by atoms with Gasteiger partial charge in [-0.05, 0) is 143 Å². The van der Waals surface area contributed by atoms with Gasteiger partial charge in [-0.2, -0.15) is 10.1 Å². The van der Waals surface area contributed by atoms with Gasteiger partial charge in [0.25, 0.3) is 0 Å². The molecule has 0 amide bonds. The second kappa shape index (κ2) is 16.9. The summed E-state index contributed by atoms with van der Waals surface area (Å²) >= 11 is 0. The van der Waals surface area contributed by atoms with Crippen molar-refractivity contribution in [3.63, 3.8) is 0 Å². The number of hydrogen-bond acceptors (Lipinski definition) is 14. The Balaban J connectivity index is 1.46. The Morgan fingerprint density at radius 3 is 1.02 bits per heavy atom. The Morgan fingerprint density at radius 2 is 0.754 bits per heavy atom. The van der Waals surface area contributed by atoms with E-state index >= 15 is 0 Å². The van der Waals surface area contributed by atoms with Crippen LogP contribution >= 0.6 is 0 Å². The van der Waals surface area contributed by atoms with Crippen LogP contribution in [0.15, 0.2) is 0 Å². The SMILES string of the molecule is CON1C(C)(C)CC(COC(=O)C2CC(C(=O)OCC3CC(C)(C)NC3(C)C)C(C(=O)OCC3CC(C)(C)N(OC)C3(C)C)C2C(=O)OCC2CC(C)(C)NC2(C)C)C1(C)C. The fourth-order valence-corrected chi connectivity index (χ4v) is 12.9. The van der Waals surface area contributed by atoms with E-state index < -0.39 is 58.6 Å². The van der Waals surface area contributed by atoms with Gasteiger partial charge in [0.1, 0.15) is 0 Å². The van der Waals surface area contributed by atoms with Gasteiger partial charge in [0.05, 0.1) is 64.3 Å². The summed E-state index contributed by atoms with van der Waals surface area (Å²) < 4.78 is 24.6. The molecular weight excluding hydrogens is 781 g/mol. The van der Waals surface area contributed by atoms with Crippen LogP contribution in [0.3, 0.4) is 0 Å². The van der Waals surface area contributed by atoms with Crippen molar-refractivity contribution in [3.05, 3.63) is 0 Å². The van der Waals surface area contributed by atoms with Gasteiger partial charge >= 0.3 is 23.9 Å². The number of rotatable bonds is 14. The molecule has 4 aliphatic heterocycles. The van der Waals surface area contributed by atoms with Crippen LogP contribution in [0.2, 0.25) is 0 Å². The van der Waals surface area contributed by atoms with Gasteiger partial charge in [-0.1, -0.05) is 0 Å². The van der Waals surface area contributed by atoms with Crippen molar-refractivity contribution in [1.29, 1.82) is 0 Å². The predicted octanol–water partition coefficient (Wildman–Crippen LogP) is 6.24. The fraction of sp³-hybridized carbons (Fsp3) is 0.915. The van der Waals surface area contributed by atoms with E-state index in [1.54, 1.807) is 14.2 Å². The predicted molar refractivity (Wildman–Crippen MR) is 231 cm³/mol. The van der Waals surface area contributed by atoms with E-state index in [1.807, 2.05) is 24.0 Å². The molecule has 4 heterocycles. The van der Waals surface area contributed by atoms with Crippen LogP contribution in [0.4, 0.5) is 0 Å². The quantitative estimate of drug-likeness (QED) is 0.150. The van der Waals surface area contributed by atoms with E-state index in [2.05, 4.69) is 108 Å². The van der Waals surface area contributed by atoms with Gasteiger partial charge in [-0.25, -0.2) is 0 Å². The molecule has 8 atom stereocenters. The lowest BCUT2D eigenvalue weighted by atomic mass is 9.85. The molecule has 0 aromatic carbocycles. The maximum absolute atomic E-state index is 14.7. The average Bonchev–Trinajstić information content (AvgIpc) is 3.77. The first-order valence-electron chi connectivity index (χ1n) is 22.7. The summed E-state index contributed by atoms with van der Waals surface area (Å²) in [5.74, 6) is -7.98. The van der Waals surface area contributed by atoms with E-state index in [9.17, 15) is 19.2 Å². The van der Waals surface area contributed by atoms with E-state index in [0.717, 1.165) is 12.8 Å². The average molecular weight is 863 g/mol. The molecule has 0 aromatic heterocycles. The maximum atomic E-state index is 14.7. The normalized spacial score (nSPS) is 35.2. The molecule has 14 heteroatoms. The summed E-state index contributed by atoms with van der Waals surface area (Å²) in [6.07, 6.45) is 2.78. The van der Waals surface area contributed by atoms with Gasteiger partial charge in [-0.3, -0.25) is 19.2 Å². The Kier molecular flexibility index (Phi) is 13.7. The Labute approximate surface area is 366 Å². The smallest absolute Gasteiger partial charge is 0.310 e. The van der Waals surface area contributed by atoms with Crippen molar-refractivity contribution < 1.29 is 47.8 Å². The van der Waals surface area contributed by atoms with E-state index in [1.165, 1.54) is 0 Å². The lowest BCUT2D eigenvalue weighted by molar-refractivity contribution is -0.225. The Morgan fingerprint density at radius 1 is 0.459 bits per heavy atom. The largest absolute Gasteiger partial charge is 0.465 e. The molecule has 0 spiro atoms. The molecule has 61 heavy (non-hydrogen) atoms. The minimum Gasteiger partial charge on any atom is -0.465 e. The molecule has 1 saturated carbocycles. The zero-order chi connectivity index (χ0) is 46.1. The van der Waals surface area contributed by atoms with E-state index in [0.29, 0.717) is 12.8 Å². The van der Waals surface area contributed by atoms with Crippen LogP contribution in [-0.4, -0.2) is 119 Å². The van der Waals surface area contributed by atoms with Crippen LogP contribution in [0.25, 0.3) is 0 Å². The summed E-state index contributed by atoms with van der Waals surface area (Å²) in [7, 11) is 3.28. The topological polar surface area (TPSA) is 154 Å². The molecule has 14 nitrogen and oxygen atoms in total. The second-order valence-electron chi connectivity index (χ2n) is 24.0. The molecule has 350 valence electrons. The van der Waals surface area contributed by atoms with Crippen molar-refractivity contribution in [2.24, 2.45) is 47.3 Å². The monoisotopic (exact) mass is 863 g/mol. The highest BCUT2D eigenvalue weighted by Gasteiger charge is 2.60. The first-order valence-corrected chi connectivity index (χ1v) is 22.7. The Bertz CT molecular complexity index is 1650. The zero-order valence-electron chi connectivity index (χ0n) is 41.0. The van der Waals surface area contributed by atoms with Gasteiger partial charge < -0.3 is 39.3 Å². The zero-order valence-corrected chi connectivity index (χ0v) is 41.0. The van der Waals surface area contributed by atoms with Crippen molar-refractivity contribution in [2.45, 2.75) is 187 Å². The molecule has 5 aliphatic rings. The van der Waals surface area contributed by atoms with Crippen LogP contribution in [0.5, 0.6) is 0 Å². The number of carbonyl (C=O) groups excluding carboxylic acids is 4. The second-order valence-corrected chi connectivity index (χ2v) is 24.0. The third-order valence-electron chi connectivity index (χ3n) is 15.5. The molecule has 0 aromatic rings. The highest BCUT2D eigenvalue weighted by atomic mass is 16.7. The molecule has 0 radical (unpaired) electrons. The van der Waals surface area contributed by atoms with Gasteiger partial charge in [-0.15, -0.1) is 0 Å². The van der Waals surface area contributed by atoms with Crippen LogP contribution < -0.4 is 10.6 Å². The van der Waals surface area contributed by atoms with E-state index in [-0.39, 0.29) is 89.8 Å². The summed E-state index contributed by atoms with van der Waals surface area (Å²) in [6, 6.07) is 0. The van der Waals surface area contributed by atoms with E-state index in [4.69, 9.17) is 28.6 Å². The number of hydroxylamine groups is 4. The summed E-state index contributed by atoms with van der Waals surface area (Å²) in [4.78, 5) is 70.0. The highest BCUT2D eigenvalue weighted by Crippen LogP contribution is 2.49. The minimum atomic E-state index is -1.34. The first-order chi connectivity index (χ1) is 27.7. The molecule has 5 fully saturated rings. The van der Waals surface area contributed by atoms with Crippen LogP contribution in [0.1, 0.15) is 143 Å². The molecule has 1 aliphatic carbocycles. The van der Waals surface area contributed by atoms with Crippen molar-refractivity contribution in [1.82, 2.24) is 20.8 Å². The third-order valence-corrected chi connectivity index (χ3v) is 15.5. The van der Waals surface area contributed by atoms with Crippen molar-refractivity contribution >= 4 is 23.9 Å². The van der Waals surface area contributed by atoms with Gasteiger partial charge in [0, 0.05) is 68.0 Å². The molecule has 0 bridgehead atoms. The number of carbonyl (C=O) groups is 4. The van der Waals surface area contributed by atoms with Gasteiger partial charge in [0.2, 0.25) is 0 Å². The third kappa shape index (κ3) is 9.99. The Hall–Kier alpha value is -2.36. The highest BCUT2D eigenvalue weighted by molar-refractivity contribution is 5.93.